The fourth-order valence-electron chi connectivity index (χ4n) is 4.77. The standard InChI is InChI=1S/C30H24BrN5O/c1-20-6-8-22(9-7-20)28-18-26(21-10-12-24(31)13-11-21)34-36(28)29(37)19-35-27-5-3-2-4-25(27)33-30(35)23-14-16-32-17-15-23/h2-17,28H,18-19H2,1H3. The van der Waals surface area contributed by atoms with Gasteiger partial charge in [-0.25, -0.2) is 9.99 Å². The number of carbonyl (C=O) groups is 1. The van der Waals surface area contributed by atoms with Crippen molar-refractivity contribution < 1.29 is 4.79 Å². The Balaban J connectivity index is 1.40. The zero-order valence-corrected chi connectivity index (χ0v) is 21.8. The molecule has 0 fully saturated rings. The number of hydrazone groups is 1. The molecule has 0 spiro atoms. The fraction of sp³-hybridized carbons (Fsp3) is 0.133. The molecule has 0 aliphatic carbocycles. The number of benzene rings is 3. The third-order valence-electron chi connectivity index (χ3n) is 6.69. The van der Waals surface area contributed by atoms with E-state index in [1.165, 1.54) is 5.56 Å². The molecular formula is C30H24BrN5O. The normalized spacial score (nSPS) is 15.2. The van der Waals surface area contributed by atoms with Gasteiger partial charge in [-0.05, 0) is 54.4 Å². The Hall–Kier alpha value is -4.10. The average Bonchev–Trinajstić information content (AvgIpc) is 3.53. The zero-order valence-electron chi connectivity index (χ0n) is 20.3. The van der Waals surface area contributed by atoms with Crippen molar-refractivity contribution in [3.8, 4) is 11.4 Å². The number of para-hydroxylation sites is 2. The summed E-state index contributed by atoms with van der Waals surface area (Å²) >= 11 is 3.51. The van der Waals surface area contributed by atoms with Crippen molar-refractivity contribution in [1.82, 2.24) is 19.5 Å². The van der Waals surface area contributed by atoms with Crippen LogP contribution in [-0.2, 0) is 11.3 Å². The first kappa shape index (κ1) is 23.3. The first-order valence-electron chi connectivity index (χ1n) is 12.1. The number of aromatic nitrogens is 3. The highest BCUT2D eigenvalue weighted by atomic mass is 79.9. The molecule has 3 aromatic carbocycles. The van der Waals surface area contributed by atoms with Gasteiger partial charge in [0.2, 0.25) is 0 Å². The summed E-state index contributed by atoms with van der Waals surface area (Å²) in [4.78, 5) is 23.0. The summed E-state index contributed by atoms with van der Waals surface area (Å²) in [5.41, 5.74) is 6.83. The smallest absolute Gasteiger partial charge is 0.263 e. The largest absolute Gasteiger partial charge is 0.314 e. The van der Waals surface area contributed by atoms with Crippen LogP contribution in [0.3, 0.4) is 0 Å². The topological polar surface area (TPSA) is 63.4 Å². The monoisotopic (exact) mass is 549 g/mol. The van der Waals surface area contributed by atoms with Crippen LogP contribution >= 0.6 is 15.9 Å². The number of aryl methyl sites for hydroxylation is 1. The molecule has 1 aliphatic heterocycles. The predicted molar refractivity (Wildman–Crippen MR) is 149 cm³/mol. The van der Waals surface area contributed by atoms with Gasteiger partial charge in [-0.1, -0.05) is 70.0 Å². The van der Waals surface area contributed by atoms with Crippen LogP contribution in [0.4, 0.5) is 0 Å². The molecule has 1 unspecified atom stereocenters. The number of nitrogens with zero attached hydrogens (tertiary/aromatic N) is 5. The molecule has 182 valence electrons. The van der Waals surface area contributed by atoms with Crippen LogP contribution in [0.15, 0.2) is 107 Å². The lowest BCUT2D eigenvalue weighted by molar-refractivity contribution is -0.133. The second kappa shape index (κ2) is 9.75. The SMILES string of the molecule is Cc1ccc(C2CC(c3ccc(Br)cc3)=NN2C(=O)Cn2c(-c3ccncc3)nc3ccccc32)cc1. The maximum absolute atomic E-state index is 14.0. The summed E-state index contributed by atoms with van der Waals surface area (Å²) in [7, 11) is 0. The summed E-state index contributed by atoms with van der Waals surface area (Å²) in [5, 5.41) is 6.53. The molecule has 6 nitrogen and oxygen atoms in total. The molecule has 1 atom stereocenters. The van der Waals surface area contributed by atoms with E-state index < -0.39 is 0 Å². The van der Waals surface area contributed by atoms with Crippen LogP contribution in [-0.4, -0.2) is 31.2 Å². The van der Waals surface area contributed by atoms with Gasteiger partial charge in [0.1, 0.15) is 12.4 Å². The number of fused-ring (bicyclic) bond motifs is 1. The minimum atomic E-state index is -0.175. The van der Waals surface area contributed by atoms with Crippen LogP contribution in [0.25, 0.3) is 22.4 Å². The molecule has 0 saturated heterocycles. The second-order valence-corrected chi connectivity index (χ2v) is 10.1. The van der Waals surface area contributed by atoms with Gasteiger partial charge in [-0.3, -0.25) is 9.78 Å². The van der Waals surface area contributed by atoms with Gasteiger partial charge in [0.05, 0.1) is 22.8 Å². The molecule has 7 heteroatoms. The highest BCUT2D eigenvalue weighted by molar-refractivity contribution is 9.10. The molecule has 37 heavy (non-hydrogen) atoms. The lowest BCUT2D eigenvalue weighted by atomic mass is 9.98. The Morgan fingerprint density at radius 2 is 1.65 bits per heavy atom. The lowest BCUT2D eigenvalue weighted by Gasteiger charge is -2.23. The van der Waals surface area contributed by atoms with E-state index in [0.29, 0.717) is 6.42 Å². The van der Waals surface area contributed by atoms with Crippen LogP contribution in [0.5, 0.6) is 0 Å². The van der Waals surface area contributed by atoms with Crippen LogP contribution in [0.2, 0.25) is 0 Å². The molecular weight excluding hydrogens is 526 g/mol. The number of carbonyl (C=O) groups excluding carboxylic acids is 1. The van der Waals surface area contributed by atoms with Gasteiger partial charge in [0.15, 0.2) is 0 Å². The molecule has 6 rings (SSSR count). The molecule has 0 saturated carbocycles. The molecule has 3 heterocycles. The Labute approximate surface area is 223 Å². The highest BCUT2D eigenvalue weighted by Crippen LogP contribution is 2.34. The quantitative estimate of drug-likeness (QED) is 0.250. The van der Waals surface area contributed by atoms with Crippen molar-refractivity contribution >= 4 is 38.6 Å². The van der Waals surface area contributed by atoms with Crippen LogP contribution in [0.1, 0.15) is 29.2 Å². The van der Waals surface area contributed by atoms with Gasteiger partial charge in [-0.15, -0.1) is 0 Å². The molecule has 2 aromatic heterocycles. The summed E-state index contributed by atoms with van der Waals surface area (Å²) in [6.07, 6.45) is 4.13. The number of rotatable bonds is 5. The van der Waals surface area contributed by atoms with E-state index in [0.717, 1.165) is 43.7 Å². The van der Waals surface area contributed by atoms with Crippen LogP contribution in [0, 0.1) is 6.92 Å². The molecule has 1 amide bonds. The van der Waals surface area contributed by atoms with Crippen LogP contribution < -0.4 is 0 Å². The molecule has 0 bridgehead atoms. The van der Waals surface area contributed by atoms with Crippen molar-refractivity contribution in [2.75, 3.05) is 0 Å². The number of imidazole rings is 1. The van der Waals surface area contributed by atoms with E-state index in [-0.39, 0.29) is 18.5 Å². The first-order valence-corrected chi connectivity index (χ1v) is 12.9. The summed E-state index contributed by atoms with van der Waals surface area (Å²) < 4.78 is 2.99. The van der Waals surface area contributed by atoms with Crippen molar-refractivity contribution in [1.29, 1.82) is 0 Å². The predicted octanol–water partition coefficient (Wildman–Crippen LogP) is 6.55. The number of halogens is 1. The van der Waals surface area contributed by atoms with E-state index >= 15 is 0 Å². The van der Waals surface area contributed by atoms with Crippen molar-refractivity contribution in [2.24, 2.45) is 5.10 Å². The second-order valence-electron chi connectivity index (χ2n) is 9.17. The zero-order chi connectivity index (χ0) is 25.4. The van der Waals surface area contributed by atoms with Gasteiger partial charge >= 0.3 is 0 Å². The number of hydrogen-bond acceptors (Lipinski definition) is 4. The summed E-state index contributed by atoms with van der Waals surface area (Å²) in [6, 6.07) is 28.0. The Bertz CT molecular complexity index is 1610. The first-order chi connectivity index (χ1) is 18.1. The van der Waals surface area contributed by atoms with E-state index in [4.69, 9.17) is 10.1 Å². The van der Waals surface area contributed by atoms with E-state index in [9.17, 15) is 4.79 Å². The molecule has 5 aromatic rings. The third-order valence-corrected chi connectivity index (χ3v) is 7.22. The minimum absolute atomic E-state index is 0.0869. The molecule has 1 aliphatic rings. The number of hydrogen-bond donors (Lipinski definition) is 0. The minimum Gasteiger partial charge on any atom is -0.314 e. The highest BCUT2D eigenvalue weighted by Gasteiger charge is 2.33. The van der Waals surface area contributed by atoms with Gasteiger partial charge in [-0.2, -0.15) is 5.10 Å². The molecule has 0 radical (unpaired) electrons. The average molecular weight is 550 g/mol. The summed E-state index contributed by atoms with van der Waals surface area (Å²) in [6.45, 7) is 2.19. The maximum atomic E-state index is 14.0. The Morgan fingerprint density at radius 3 is 2.41 bits per heavy atom. The number of pyridine rings is 1. The number of amides is 1. The summed E-state index contributed by atoms with van der Waals surface area (Å²) in [5.74, 6) is 0.649. The molecule has 0 N–H and O–H groups in total. The Morgan fingerprint density at radius 1 is 0.919 bits per heavy atom. The third kappa shape index (κ3) is 4.58. The van der Waals surface area contributed by atoms with Crippen molar-refractivity contribution in [3.63, 3.8) is 0 Å². The van der Waals surface area contributed by atoms with E-state index in [2.05, 4.69) is 52.1 Å². The van der Waals surface area contributed by atoms with Gasteiger partial charge < -0.3 is 4.57 Å². The lowest BCUT2D eigenvalue weighted by Crippen LogP contribution is -2.30. The van der Waals surface area contributed by atoms with Gasteiger partial charge in [0, 0.05) is 28.9 Å². The van der Waals surface area contributed by atoms with E-state index in [1.54, 1.807) is 17.4 Å². The van der Waals surface area contributed by atoms with Crippen molar-refractivity contribution in [2.45, 2.75) is 25.9 Å². The Kier molecular flexibility index (Phi) is 6.14. The van der Waals surface area contributed by atoms with E-state index in [1.807, 2.05) is 65.2 Å². The maximum Gasteiger partial charge on any atom is 0.263 e. The van der Waals surface area contributed by atoms with Crippen molar-refractivity contribution in [3.05, 3.63) is 118 Å². The van der Waals surface area contributed by atoms with Gasteiger partial charge in [0.25, 0.3) is 5.91 Å². The fourth-order valence-corrected chi connectivity index (χ4v) is 5.03.